The molecule has 5 nitrogen and oxygen atoms in total. The van der Waals surface area contributed by atoms with Crippen molar-refractivity contribution in [1.29, 1.82) is 0 Å². The van der Waals surface area contributed by atoms with E-state index in [0.29, 0.717) is 25.1 Å². The molecule has 2 rings (SSSR count). The molecule has 1 unspecified atom stereocenters. The number of aliphatic imine (C=N–C) groups is 1. The monoisotopic (exact) mass is 209 g/mol. The SMILES string of the molecule is CC(N)CC1=NC(=O)C2(CCC2)C(=O)N1. The van der Waals surface area contributed by atoms with Crippen LogP contribution in [0.3, 0.4) is 0 Å². The molecular formula is C10H15N3O2. The summed E-state index contributed by atoms with van der Waals surface area (Å²) in [6, 6.07) is -0.104. The summed E-state index contributed by atoms with van der Waals surface area (Å²) >= 11 is 0. The van der Waals surface area contributed by atoms with E-state index in [2.05, 4.69) is 10.3 Å². The van der Waals surface area contributed by atoms with Gasteiger partial charge in [-0.15, -0.1) is 0 Å². The van der Waals surface area contributed by atoms with Gasteiger partial charge in [0.05, 0.1) is 0 Å². The van der Waals surface area contributed by atoms with Crippen LogP contribution in [0.2, 0.25) is 0 Å². The highest BCUT2D eigenvalue weighted by molar-refractivity contribution is 6.19. The zero-order valence-electron chi connectivity index (χ0n) is 8.75. The van der Waals surface area contributed by atoms with Gasteiger partial charge in [0.2, 0.25) is 5.91 Å². The second-order valence-electron chi connectivity index (χ2n) is 4.43. The highest BCUT2D eigenvalue weighted by atomic mass is 16.2. The molecule has 1 aliphatic carbocycles. The van der Waals surface area contributed by atoms with E-state index in [1.165, 1.54) is 0 Å². The van der Waals surface area contributed by atoms with Crippen LogP contribution in [0.1, 0.15) is 32.6 Å². The highest BCUT2D eigenvalue weighted by Crippen LogP contribution is 2.43. The van der Waals surface area contributed by atoms with Crippen molar-refractivity contribution >= 4 is 17.6 Å². The Hall–Kier alpha value is -1.23. The van der Waals surface area contributed by atoms with Gasteiger partial charge in [0.1, 0.15) is 11.3 Å². The van der Waals surface area contributed by atoms with Crippen LogP contribution in [0, 0.1) is 5.41 Å². The Morgan fingerprint density at radius 1 is 1.53 bits per heavy atom. The third-order valence-corrected chi connectivity index (χ3v) is 3.06. The molecule has 15 heavy (non-hydrogen) atoms. The smallest absolute Gasteiger partial charge is 0.263 e. The molecule has 0 radical (unpaired) electrons. The zero-order chi connectivity index (χ0) is 11.1. The van der Waals surface area contributed by atoms with E-state index in [9.17, 15) is 9.59 Å². The minimum atomic E-state index is -0.832. The van der Waals surface area contributed by atoms with Crippen molar-refractivity contribution in [2.75, 3.05) is 0 Å². The van der Waals surface area contributed by atoms with Crippen molar-refractivity contribution in [2.45, 2.75) is 38.6 Å². The first-order valence-corrected chi connectivity index (χ1v) is 5.24. The molecule has 1 fully saturated rings. The Morgan fingerprint density at radius 2 is 2.20 bits per heavy atom. The summed E-state index contributed by atoms with van der Waals surface area (Å²) in [6.07, 6.45) is 2.63. The summed E-state index contributed by atoms with van der Waals surface area (Å²) in [7, 11) is 0. The van der Waals surface area contributed by atoms with E-state index in [4.69, 9.17) is 5.73 Å². The minimum Gasteiger partial charge on any atom is -0.328 e. The first-order valence-electron chi connectivity index (χ1n) is 5.24. The predicted molar refractivity (Wildman–Crippen MR) is 55.1 cm³/mol. The van der Waals surface area contributed by atoms with Gasteiger partial charge < -0.3 is 11.1 Å². The number of hydrogen-bond acceptors (Lipinski definition) is 3. The maximum Gasteiger partial charge on any atom is 0.263 e. The van der Waals surface area contributed by atoms with Crippen molar-refractivity contribution in [3.05, 3.63) is 0 Å². The Labute approximate surface area is 88.1 Å². The molecule has 5 heteroatoms. The second-order valence-corrected chi connectivity index (χ2v) is 4.43. The van der Waals surface area contributed by atoms with Crippen molar-refractivity contribution in [3.8, 4) is 0 Å². The maximum absolute atomic E-state index is 11.7. The minimum absolute atomic E-state index is 0.104. The van der Waals surface area contributed by atoms with E-state index in [0.717, 1.165) is 6.42 Å². The molecule has 1 spiro atoms. The molecule has 1 aliphatic heterocycles. The number of amidine groups is 1. The number of nitrogens with zero attached hydrogens (tertiary/aromatic N) is 1. The predicted octanol–water partition coefficient (Wildman–Crippen LogP) is -0.0511. The van der Waals surface area contributed by atoms with Gasteiger partial charge in [-0.05, 0) is 19.8 Å². The molecule has 1 atom stereocenters. The Kier molecular flexibility index (Phi) is 2.34. The lowest BCUT2D eigenvalue weighted by Crippen LogP contribution is -2.56. The van der Waals surface area contributed by atoms with Crippen molar-refractivity contribution in [3.63, 3.8) is 0 Å². The van der Waals surface area contributed by atoms with Crippen LogP contribution in [0.5, 0.6) is 0 Å². The number of rotatable bonds is 2. The van der Waals surface area contributed by atoms with Crippen LogP contribution in [0.4, 0.5) is 0 Å². The van der Waals surface area contributed by atoms with Gasteiger partial charge in [-0.2, -0.15) is 4.99 Å². The molecule has 2 aliphatic rings. The molecule has 1 saturated carbocycles. The lowest BCUT2D eigenvalue weighted by molar-refractivity contribution is -0.147. The fraction of sp³-hybridized carbons (Fsp3) is 0.700. The highest BCUT2D eigenvalue weighted by Gasteiger charge is 2.53. The zero-order valence-corrected chi connectivity index (χ0v) is 8.75. The van der Waals surface area contributed by atoms with Crippen molar-refractivity contribution in [1.82, 2.24) is 5.32 Å². The first kappa shape index (κ1) is 10.3. The van der Waals surface area contributed by atoms with Crippen LogP contribution in [0.15, 0.2) is 4.99 Å². The summed E-state index contributed by atoms with van der Waals surface area (Å²) in [5.74, 6) is -0.0601. The fourth-order valence-corrected chi connectivity index (χ4v) is 1.98. The van der Waals surface area contributed by atoms with Gasteiger partial charge in [0.15, 0.2) is 0 Å². The van der Waals surface area contributed by atoms with Crippen LogP contribution in [0.25, 0.3) is 0 Å². The maximum atomic E-state index is 11.7. The molecule has 0 aromatic rings. The molecule has 0 aromatic heterocycles. The van der Waals surface area contributed by atoms with Crippen LogP contribution in [-0.2, 0) is 9.59 Å². The van der Waals surface area contributed by atoms with E-state index in [-0.39, 0.29) is 17.9 Å². The second kappa shape index (κ2) is 3.41. The van der Waals surface area contributed by atoms with Crippen LogP contribution in [-0.4, -0.2) is 23.7 Å². The van der Waals surface area contributed by atoms with E-state index in [1.54, 1.807) is 0 Å². The number of carbonyl (C=O) groups excluding carboxylic acids is 2. The number of hydrogen-bond donors (Lipinski definition) is 2. The summed E-state index contributed by atoms with van der Waals surface area (Å²) in [4.78, 5) is 27.4. The van der Waals surface area contributed by atoms with Gasteiger partial charge >= 0.3 is 0 Å². The molecule has 2 amide bonds. The molecule has 82 valence electrons. The largest absolute Gasteiger partial charge is 0.328 e. The van der Waals surface area contributed by atoms with Crippen LogP contribution < -0.4 is 11.1 Å². The van der Waals surface area contributed by atoms with E-state index >= 15 is 0 Å². The lowest BCUT2D eigenvalue weighted by atomic mass is 9.67. The van der Waals surface area contributed by atoms with Gasteiger partial charge in [0, 0.05) is 12.5 Å². The number of nitrogens with one attached hydrogen (secondary N) is 1. The van der Waals surface area contributed by atoms with Crippen molar-refractivity contribution < 1.29 is 9.59 Å². The number of amides is 2. The Balaban J connectivity index is 2.17. The molecule has 3 N–H and O–H groups in total. The first-order chi connectivity index (χ1) is 7.04. The number of nitrogens with two attached hydrogens (primary N) is 1. The number of carbonyl (C=O) groups is 2. The Bertz CT molecular complexity index is 343. The third-order valence-electron chi connectivity index (χ3n) is 3.06. The lowest BCUT2D eigenvalue weighted by Gasteiger charge is -2.39. The van der Waals surface area contributed by atoms with Crippen LogP contribution >= 0.6 is 0 Å². The summed E-state index contributed by atoms with van der Waals surface area (Å²) in [5.41, 5.74) is 4.75. The fourth-order valence-electron chi connectivity index (χ4n) is 1.98. The molecule has 0 aromatic carbocycles. The van der Waals surface area contributed by atoms with Gasteiger partial charge in [-0.25, -0.2) is 0 Å². The quantitative estimate of drug-likeness (QED) is 0.625. The Morgan fingerprint density at radius 3 is 2.60 bits per heavy atom. The topological polar surface area (TPSA) is 84.5 Å². The van der Waals surface area contributed by atoms with Gasteiger partial charge in [0.25, 0.3) is 5.91 Å². The molecule has 1 heterocycles. The van der Waals surface area contributed by atoms with Gasteiger partial charge in [-0.1, -0.05) is 6.42 Å². The molecule has 0 saturated heterocycles. The van der Waals surface area contributed by atoms with Gasteiger partial charge in [-0.3, -0.25) is 9.59 Å². The standard InChI is InChI=1S/C10H15N3O2/c1-6(11)5-7-12-8(14)10(3-2-4-10)9(15)13-7/h6H,2-5,11H2,1H3,(H,12,13,14,15). The average Bonchev–Trinajstić information content (AvgIpc) is 1.97. The summed E-state index contributed by atoms with van der Waals surface area (Å²) in [6.45, 7) is 1.81. The van der Waals surface area contributed by atoms with Crippen molar-refractivity contribution in [2.24, 2.45) is 16.1 Å². The van der Waals surface area contributed by atoms with E-state index in [1.807, 2.05) is 6.92 Å². The normalized spacial score (nSPS) is 25.6. The van der Waals surface area contributed by atoms with E-state index < -0.39 is 5.41 Å². The average molecular weight is 209 g/mol. The summed E-state index contributed by atoms with van der Waals surface area (Å²) < 4.78 is 0. The third kappa shape index (κ3) is 1.56. The summed E-state index contributed by atoms with van der Waals surface area (Å²) in [5, 5.41) is 2.68. The molecular weight excluding hydrogens is 194 g/mol. The molecule has 0 bridgehead atoms.